The van der Waals surface area contributed by atoms with Gasteiger partial charge in [-0.1, -0.05) is 65.9 Å². The van der Waals surface area contributed by atoms with Crippen molar-refractivity contribution in [3.8, 4) is 11.5 Å². The number of benzene rings is 3. The number of H-pyrrole nitrogens is 1. The minimum absolute atomic E-state index is 0.254. The number of hydrogen-bond donors (Lipinski definition) is 2. The molecule has 33 heavy (non-hydrogen) atoms. The Morgan fingerprint density at radius 1 is 1.03 bits per heavy atom. The highest BCUT2D eigenvalue weighted by atomic mass is 16.6. The van der Waals surface area contributed by atoms with E-state index in [2.05, 4.69) is 50.2 Å². The van der Waals surface area contributed by atoms with E-state index in [4.69, 9.17) is 9.47 Å². The summed E-state index contributed by atoms with van der Waals surface area (Å²) >= 11 is 0. The smallest absolute Gasteiger partial charge is 0.248 e. The molecule has 1 aromatic heterocycles. The zero-order valence-corrected chi connectivity index (χ0v) is 17.6. The lowest BCUT2D eigenvalue weighted by atomic mass is 10.0. The molecule has 0 fully saturated rings. The highest BCUT2D eigenvalue weighted by Gasteiger charge is 2.28. The van der Waals surface area contributed by atoms with Gasteiger partial charge in [-0.25, -0.2) is 0 Å². The van der Waals surface area contributed by atoms with Crippen LogP contribution >= 0.6 is 0 Å². The second-order valence-electron chi connectivity index (χ2n) is 7.55. The normalized spacial score (nSPS) is 14.8. The number of tetrazole rings is 1. The zero-order valence-electron chi connectivity index (χ0n) is 17.6. The third-order valence-electron chi connectivity index (χ3n) is 5.19. The molecule has 0 radical (unpaired) electrons. The summed E-state index contributed by atoms with van der Waals surface area (Å²) in [6, 6.07) is 23.8. The van der Waals surface area contributed by atoms with Crippen molar-refractivity contribution < 1.29 is 14.3 Å². The maximum atomic E-state index is 12.6. The van der Waals surface area contributed by atoms with Crippen molar-refractivity contribution in [1.29, 1.82) is 0 Å². The summed E-state index contributed by atoms with van der Waals surface area (Å²) in [5.41, 5.74) is 3.92. The quantitative estimate of drug-likeness (QED) is 0.441. The minimum atomic E-state index is -0.515. The van der Waals surface area contributed by atoms with Gasteiger partial charge in [0, 0.05) is 6.08 Å². The van der Waals surface area contributed by atoms with Gasteiger partial charge in [-0.3, -0.25) is 4.79 Å². The minimum Gasteiger partial charge on any atom is -0.485 e. The van der Waals surface area contributed by atoms with Crippen molar-refractivity contribution in [3.05, 3.63) is 101 Å². The average Bonchev–Trinajstić information content (AvgIpc) is 3.39. The molecule has 2 heterocycles. The second kappa shape index (κ2) is 9.35. The van der Waals surface area contributed by atoms with Gasteiger partial charge < -0.3 is 14.8 Å². The maximum Gasteiger partial charge on any atom is 0.248 e. The van der Waals surface area contributed by atoms with Gasteiger partial charge in [0.15, 0.2) is 17.6 Å². The first-order chi connectivity index (χ1) is 16.2. The van der Waals surface area contributed by atoms with E-state index < -0.39 is 6.10 Å². The second-order valence-corrected chi connectivity index (χ2v) is 7.55. The standard InChI is InChI=1S/C25H21N5O3/c31-23(14-13-17-9-11-19(12-10-17)15-18-5-2-1-3-6-18)26-20-7-4-8-21-24(20)33-22(16-32-21)25-27-29-30-28-25/h1-14,22H,15-16H2,(H,26,31)(H,27,28,29,30)/b14-13+. The van der Waals surface area contributed by atoms with Crippen molar-refractivity contribution in [3.63, 3.8) is 0 Å². The van der Waals surface area contributed by atoms with Crippen molar-refractivity contribution in [2.75, 3.05) is 11.9 Å². The molecule has 4 aromatic rings. The Kier molecular flexibility index (Phi) is 5.79. The predicted molar refractivity (Wildman–Crippen MR) is 123 cm³/mol. The predicted octanol–water partition coefficient (Wildman–Crippen LogP) is 3.95. The van der Waals surface area contributed by atoms with Crippen LogP contribution < -0.4 is 14.8 Å². The van der Waals surface area contributed by atoms with Gasteiger partial charge in [0.05, 0.1) is 5.69 Å². The first kappa shape index (κ1) is 20.4. The van der Waals surface area contributed by atoms with Crippen LogP contribution in [0.1, 0.15) is 28.6 Å². The number of carbonyl (C=O) groups is 1. The molecule has 3 aromatic carbocycles. The van der Waals surface area contributed by atoms with E-state index in [0.29, 0.717) is 23.0 Å². The van der Waals surface area contributed by atoms with E-state index in [-0.39, 0.29) is 12.5 Å². The molecule has 5 rings (SSSR count). The SMILES string of the molecule is O=C(/C=C/c1ccc(Cc2ccccc2)cc1)Nc1cccc2c1OC(c1nn[nH]n1)CO2. The lowest BCUT2D eigenvalue weighted by Crippen LogP contribution is -2.24. The van der Waals surface area contributed by atoms with Crippen LogP contribution in [-0.4, -0.2) is 33.1 Å². The fourth-order valence-corrected chi connectivity index (χ4v) is 3.55. The van der Waals surface area contributed by atoms with Crippen LogP contribution in [0.3, 0.4) is 0 Å². The molecule has 0 aliphatic carbocycles. The number of nitrogens with one attached hydrogen (secondary N) is 2. The summed E-state index contributed by atoms with van der Waals surface area (Å²) < 4.78 is 11.7. The van der Waals surface area contributed by atoms with Gasteiger partial charge in [0.1, 0.15) is 6.61 Å². The number of aromatic amines is 1. The third-order valence-corrected chi connectivity index (χ3v) is 5.19. The van der Waals surface area contributed by atoms with Crippen LogP contribution in [0, 0.1) is 0 Å². The number of nitrogens with zero attached hydrogens (tertiary/aromatic N) is 3. The highest BCUT2D eigenvalue weighted by Crippen LogP contribution is 2.41. The average molecular weight is 439 g/mol. The molecule has 8 nitrogen and oxygen atoms in total. The van der Waals surface area contributed by atoms with Gasteiger partial charge in [-0.05, 0) is 41.3 Å². The van der Waals surface area contributed by atoms with Gasteiger partial charge in [-0.2, -0.15) is 5.21 Å². The molecular formula is C25H21N5O3. The topological polar surface area (TPSA) is 102 Å². The Labute approximate surface area is 190 Å². The molecule has 164 valence electrons. The van der Waals surface area contributed by atoms with Crippen LogP contribution in [0.5, 0.6) is 11.5 Å². The molecule has 1 amide bonds. The number of rotatable bonds is 6. The molecule has 0 saturated carbocycles. The van der Waals surface area contributed by atoms with Crippen LogP contribution in [-0.2, 0) is 11.2 Å². The summed E-state index contributed by atoms with van der Waals surface area (Å²) in [6.45, 7) is 0.254. The van der Waals surface area contributed by atoms with Gasteiger partial charge in [-0.15, -0.1) is 10.2 Å². The number of carbonyl (C=O) groups excluding carboxylic acids is 1. The Balaban J connectivity index is 1.23. The Morgan fingerprint density at radius 3 is 2.64 bits per heavy atom. The van der Waals surface area contributed by atoms with E-state index in [1.807, 2.05) is 30.3 Å². The first-order valence-corrected chi connectivity index (χ1v) is 10.5. The van der Waals surface area contributed by atoms with Crippen LogP contribution in [0.15, 0.2) is 78.9 Å². The molecule has 0 saturated heterocycles. The number of fused-ring (bicyclic) bond motifs is 1. The van der Waals surface area contributed by atoms with Gasteiger partial charge >= 0.3 is 0 Å². The number of anilines is 1. The number of para-hydroxylation sites is 1. The fourth-order valence-electron chi connectivity index (χ4n) is 3.55. The molecular weight excluding hydrogens is 418 g/mol. The summed E-state index contributed by atoms with van der Waals surface area (Å²) in [5, 5.41) is 16.7. The number of aromatic nitrogens is 4. The Bertz CT molecular complexity index is 1260. The molecule has 1 aliphatic heterocycles. The first-order valence-electron chi connectivity index (χ1n) is 10.5. The van der Waals surface area contributed by atoms with Crippen molar-refractivity contribution >= 4 is 17.7 Å². The summed E-state index contributed by atoms with van der Waals surface area (Å²) in [4.78, 5) is 12.6. The van der Waals surface area contributed by atoms with Gasteiger partial charge in [0.2, 0.25) is 11.7 Å². The molecule has 2 N–H and O–H groups in total. The molecule has 0 spiro atoms. The monoisotopic (exact) mass is 439 g/mol. The molecule has 1 atom stereocenters. The van der Waals surface area contributed by atoms with Crippen LogP contribution in [0.25, 0.3) is 6.08 Å². The van der Waals surface area contributed by atoms with E-state index in [1.165, 1.54) is 17.2 Å². The zero-order chi connectivity index (χ0) is 22.5. The van der Waals surface area contributed by atoms with E-state index in [9.17, 15) is 4.79 Å². The fraction of sp³-hybridized carbons (Fsp3) is 0.120. The lowest BCUT2D eigenvalue weighted by molar-refractivity contribution is -0.111. The lowest BCUT2D eigenvalue weighted by Gasteiger charge is -2.26. The van der Waals surface area contributed by atoms with E-state index in [1.54, 1.807) is 24.3 Å². The van der Waals surface area contributed by atoms with Crippen molar-refractivity contribution in [2.24, 2.45) is 0 Å². The van der Waals surface area contributed by atoms with Crippen LogP contribution in [0.4, 0.5) is 5.69 Å². The summed E-state index contributed by atoms with van der Waals surface area (Å²) in [5.74, 6) is 1.09. The summed E-state index contributed by atoms with van der Waals surface area (Å²) in [7, 11) is 0. The molecule has 0 bridgehead atoms. The summed E-state index contributed by atoms with van der Waals surface area (Å²) in [6.07, 6.45) is 3.62. The van der Waals surface area contributed by atoms with Gasteiger partial charge in [0.25, 0.3) is 0 Å². The number of ether oxygens (including phenoxy) is 2. The molecule has 1 aliphatic rings. The number of hydrogen-bond acceptors (Lipinski definition) is 6. The maximum absolute atomic E-state index is 12.6. The molecule has 1 unspecified atom stereocenters. The van der Waals surface area contributed by atoms with Crippen molar-refractivity contribution in [2.45, 2.75) is 12.5 Å². The molecule has 8 heteroatoms. The largest absolute Gasteiger partial charge is 0.485 e. The van der Waals surface area contributed by atoms with Crippen molar-refractivity contribution in [1.82, 2.24) is 20.6 Å². The third kappa shape index (κ3) is 4.90. The number of amides is 1. The van der Waals surface area contributed by atoms with E-state index in [0.717, 1.165) is 12.0 Å². The highest BCUT2D eigenvalue weighted by molar-refractivity contribution is 6.03. The Hall–Kier alpha value is -4.46. The van der Waals surface area contributed by atoms with E-state index >= 15 is 0 Å². The Morgan fingerprint density at radius 2 is 1.85 bits per heavy atom. The van der Waals surface area contributed by atoms with Crippen LogP contribution in [0.2, 0.25) is 0 Å².